The zero-order valence-corrected chi connectivity index (χ0v) is 20.3. The SMILES string of the molecule is O=C(OC(Cc1ccc2nc(-c3c(Cl)cccc3Cl)ccc2c1)C(=O)O)c1c(Cl)cccc1Cl. The van der Waals surface area contributed by atoms with Gasteiger partial charge in [0.25, 0.3) is 0 Å². The van der Waals surface area contributed by atoms with Gasteiger partial charge in [-0.2, -0.15) is 0 Å². The lowest BCUT2D eigenvalue weighted by atomic mass is 10.0. The Bertz CT molecular complexity index is 1380. The van der Waals surface area contributed by atoms with Gasteiger partial charge in [0, 0.05) is 17.4 Å². The minimum absolute atomic E-state index is 0.0584. The van der Waals surface area contributed by atoms with Gasteiger partial charge in [-0.05, 0) is 48.0 Å². The molecule has 0 amide bonds. The van der Waals surface area contributed by atoms with E-state index in [1.165, 1.54) is 12.1 Å². The molecule has 34 heavy (non-hydrogen) atoms. The van der Waals surface area contributed by atoms with Crippen molar-refractivity contribution in [1.82, 2.24) is 4.98 Å². The third kappa shape index (κ3) is 5.13. The maximum Gasteiger partial charge on any atom is 0.345 e. The highest BCUT2D eigenvalue weighted by molar-refractivity contribution is 6.39. The van der Waals surface area contributed by atoms with E-state index in [0.29, 0.717) is 32.4 Å². The molecule has 5 nitrogen and oxygen atoms in total. The fourth-order valence-electron chi connectivity index (χ4n) is 3.46. The topological polar surface area (TPSA) is 76.5 Å². The normalized spacial score (nSPS) is 11.9. The Kier molecular flexibility index (Phi) is 7.29. The number of esters is 1. The number of fused-ring (bicyclic) bond motifs is 1. The highest BCUT2D eigenvalue weighted by Crippen LogP contribution is 2.34. The lowest BCUT2D eigenvalue weighted by molar-refractivity contribution is -0.147. The summed E-state index contributed by atoms with van der Waals surface area (Å²) in [6, 6.07) is 18.6. The minimum Gasteiger partial charge on any atom is -0.478 e. The van der Waals surface area contributed by atoms with Crippen LogP contribution in [-0.4, -0.2) is 28.1 Å². The molecule has 4 aromatic rings. The van der Waals surface area contributed by atoms with Crippen LogP contribution in [0, 0.1) is 0 Å². The Morgan fingerprint density at radius 3 is 2.09 bits per heavy atom. The number of nitrogens with zero attached hydrogens (tertiary/aromatic N) is 1. The smallest absolute Gasteiger partial charge is 0.345 e. The predicted octanol–water partition coefficient (Wildman–Crippen LogP) is 7.37. The fraction of sp³-hybridized carbons (Fsp3) is 0.0800. The van der Waals surface area contributed by atoms with Crippen LogP contribution in [-0.2, 0) is 16.0 Å². The second-order valence-electron chi connectivity index (χ2n) is 7.35. The van der Waals surface area contributed by atoms with E-state index in [9.17, 15) is 14.7 Å². The maximum atomic E-state index is 12.5. The number of benzene rings is 3. The van der Waals surface area contributed by atoms with Crippen molar-refractivity contribution in [3.8, 4) is 11.3 Å². The van der Waals surface area contributed by atoms with E-state index in [0.717, 1.165) is 5.39 Å². The number of ether oxygens (including phenoxy) is 1. The van der Waals surface area contributed by atoms with Crippen molar-refractivity contribution in [3.63, 3.8) is 0 Å². The lowest BCUT2D eigenvalue weighted by Gasteiger charge is -2.15. The van der Waals surface area contributed by atoms with Crippen LogP contribution < -0.4 is 0 Å². The molecule has 3 aromatic carbocycles. The van der Waals surface area contributed by atoms with Crippen LogP contribution in [0.5, 0.6) is 0 Å². The first-order valence-electron chi connectivity index (χ1n) is 9.96. The molecule has 0 fully saturated rings. The van der Waals surface area contributed by atoms with E-state index in [1.807, 2.05) is 6.07 Å². The Morgan fingerprint density at radius 1 is 0.853 bits per heavy atom. The van der Waals surface area contributed by atoms with Crippen LogP contribution in [0.15, 0.2) is 66.7 Å². The van der Waals surface area contributed by atoms with E-state index in [2.05, 4.69) is 4.98 Å². The summed E-state index contributed by atoms with van der Waals surface area (Å²) < 4.78 is 5.23. The molecule has 1 atom stereocenters. The van der Waals surface area contributed by atoms with Gasteiger partial charge in [-0.3, -0.25) is 0 Å². The summed E-state index contributed by atoms with van der Waals surface area (Å²) in [5.41, 5.74) is 2.48. The number of carboxylic acids is 1. The van der Waals surface area contributed by atoms with Gasteiger partial charge in [-0.25, -0.2) is 14.6 Å². The Morgan fingerprint density at radius 2 is 1.47 bits per heavy atom. The van der Waals surface area contributed by atoms with E-state index in [-0.39, 0.29) is 22.0 Å². The van der Waals surface area contributed by atoms with Crippen LogP contribution in [0.3, 0.4) is 0 Å². The van der Waals surface area contributed by atoms with Gasteiger partial charge >= 0.3 is 11.9 Å². The molecule has 9 heteroatoms. The summed E-state index contributed by atoms with van der Waals surface area (Å²) in [6.45, 7) is 0. The summed E-state index contributed by atoms with van der Waals surface area (Å²) >= 11 is 24.7. The summed E-state index contributed by atoms with van der Waals surface area (Å²) in [4.78, 5) is 29.0. The molecule has 0 spiro atoms. The number of carbonyl (C=O) groups excluding carboxylic acids is 1. The van der Waals surface area contributed by atoms with Crippen molar-refractivity contribution >= 4 is 69.2 Å². The molecule has 0 saturated heterocycles. The molecule has 1 N–H and O–H groups in total. The molecule has 0 aliphatic carbocycles. The van der Waals surface area contributed by atoms with Crippen molar-refractivity contribution in [1.29, 1.82) is 0 Å². The highest BCUT2D eigenvalue weighted by Gasteiger charge is 2.26. The van der Waals surface area contributed by atoms with Crippen molar-refractivity contribution in [3.05, 3.63) is 97.9 Å². The fourth-order valence-corrected chi connectivity index (χ4v) is 4.60. The number of halogens is 4. The second kappa shape index (κ2) is 10.2. The molecule has 4 rings (SSSR count). The van der Waals surface area contributed by atoms with E-state index >= 15 is 0 Å². The zero-order valence-electron chi connectivity index (χ0n) is 17.3. The molecular weight excluding hydrogens is 520 g/mol. The predicted molar refractivity (Wildman–Crippen MR) is 134 cm³/mol. The van der Waals surface area contributed by atoms with Gasteiger partial charge in [-0.1, -0.05) is 70.7 Å². The van der Waals surface area contributed by atoms with Crippen molar-refractivity contribution in [2.75, 3.05) is 0 Å². The largest absolute Gasteiger partial charge is 0.478 e. The third-order valence-electron chi connectivity index (χ3n) is 5.09. The number of carboxylic acid groups (broad SMARTS) is 1. The highest BCUT2D eigenvalue weighted by atomic mass is 35.5. The number of aliphatic carboxylic acids is 1. The number of pyridine rings is 1. The van der Waals surface area contributed by atoms with Crippen LogP contribution in [0.4, 0.5) is 0 Å². The number of hydrogen-bond acceptors (Lipinski definition) is 4. The van der Waals surface area contributed by atoms with E-state index in [1.54, 1.807) is 48.5 Å². The van der Waals surface area contributed by atoms with E-state index in [4.69, 9.17) is 51.1 Å². The summed E-state index contributed by atoms with van der Waals surface area (Å²) in [5.74, 6) is -2.20. The second-order valence-corrected chi connectivity index (χ2v) is 8.98. The molecule has 0 bridgehead atoms. The molecule has 1 unspecified atom stereocenters. The Labute approximate surface area is 214 Å². The lowest BCUT2D eigenvalue weighted by Crippen LogP contribution is -2.29. The average Bonchev–Trinajstić information content (AvgIpc) is 2.78. The van der Waals surface area contributed by atoms with Gasteiger partial charge < -0.3 is 9.84 Å². The first-order chi connectivity index (χ1) is 16.2. The number of rotatable bonds is 6. The molecule has 1 aromatic heterocycles. The maximum absolute atomic E-state index is 12.5. The van der Waals surface area contributed by atoms with Gasteiger partial charge in [0.05, 0.1) is 36.9 Å². The number of carbonyl (C=O) groups is 2. The number of aromatic nitrogens is 1. The monoisotopic (exact) mass is 533 g/mol. The van der Waals surface area contributed by atoms with Crippen LogP contribution in [0.2, 0.25) is 20.1 Å². The molecule has 0 radical (unpaired) electrons. The Balaban J connectivity index is 1.59. The quantitative estimate of drug-likeness (QED) is 0.261. The standard InChI is InChI=1S/C25H15Cl4NO4/c26-15-3-1-4-16(27)22(15)20-10-8-14-11-13(7-9-19(14)30-20)12-21(24(31)32)34-25(33)23-17(28)5-2-6-18(23)29/h1-11,21H,12H2,(H,31,32). The summed E-state index contributed by atoms with van der Waals surface area (Å²) in [7, 11) is 0. The van der Waals surface area contributed by atoms with E-state index < -0.39 is 18.0 Å². The van der Waals surface area contributed by atoms with Gasteiger partial charge in [0.2, 0.25) is 6.10 Å². The third-order valence-corrected chi connectivity index (χ3v) is 6.35. The van der Waals surface area contributed by atoms with Crippen LogP contribution in [0.1, 0.15) is 15.9 Å². The van der Waals surface area contributed by atoms with Crippen molar-refractivity contribution in [2.24, 2.45) is 0 Å². The molecular formula is C25H15Cl4NO4. The van der Waals surface area contributed by atoms with Gasteiger partial charge in [0.1, 0.15) is 0 Å². The molecule has 172 valence electrons. The first-order valence-corrected chi connectivity index (χ1v) is 11.5. The van der Waals surface area contributed by atoms with Gasteiger partial charge in [0.15, 0.2) is 0 Å². The average molecular weight is 535 g/mol. The number of hydrogen-bond donors (Lipinski definition) is 1. The van der Waals surface area contributed by atoms with Gasteiger partial charge in [-0.15, -0.1) is 0 Å². The van der Waals surface area contributed by atoms with Crippen LogP contribution in [0.25, 0.3) is 22.2 Å². The molecule has 0 aliphatic rings. The minimum atomic E-state index is -1.44. The zero-order chi connectivity index (χ0) is 24.4. The summed E-state index contributed by atoms with van der Waals surface area (Å²) in [5, 5.41) is 11.5. The van der Waals surface area contributed by atoms with Crippen molar-refractivity contribution < 1.29 is 19.4 Å². The van der Waals surface area contributed by atoms with Crippen LogP contribution >= 0.6 is 46.4 Å². The Hall–Kier alpha value is -2.83. The summed E-state index contributed by atoms with van der Waals surface area (Å²) in [6.07, 6.45) is -1.50. The van der Waals surface area contributed by atoms with Crippen molar-refractivity contribution in [2.45, 2.75) is 12.5 Å². The molecule has 0 aliphatic heterocycles. The molecule has 0 saturated carbocycles. The molecule has 1 heterocycles. The first kappa shape index (κ1) is 24.3.